The maximum absolute atomic E-state index is 13.2. The number of esters is 1. The molecule has 9 heteroatoms. The van der Waals surface area contributed by atoms with Crippen LogP contribution in [0.25, 0.3) is 0 Å². The van der Waals surface area contributed by atoms with Crippen LogP contribution in [0.2, 0.25) is 0 Å². The Labute approximate surface area is 182 Å². The Balaban J connectivity index is 1.49. The lowest BCUT2D eigenvalue weighted by molar-refractivity contribution is -0.171. The third-order valence-electron chi connectivity index (χ3n) is 7.17. The number of piperidine rings is 1. The number of hydrogen-bond acceptors (Lipinski definition) is 7. The van der Waals surface area contributed by atoms with Gasteiger partial charge in [-0.3, -0.25) is 19.1 Å². The molecule has 1 saturated carbocycles. The fourth-order valence-corrected chi connectivity index (χ4v) is 5.48. The summed E-state index contributed by atoms with van der Waals surface area (Å²) in [5, 5.41) is 0. The zero-order chi connectivity index (χ0) is 21.8. The third-order valence-corrected chi connectivity index (χ3v) is 7.17. The minimum Gasteiger partial charge on any atom is -0.466 e. The van der Waals surface area contributed by atoms with Gasteiger partial charge >= 0.3 is 11.7 Å². The van der Waals surface area contributed by atoms with Gasteiger partial charge in [-0.1, -0.05) is 0 Å². The third kappa shape index (κ3) is 4.52. The summed E-state index contributed by atoms with van der Waals surface area (Å²) in [6, 6.07) is 2.08. The highest BCUT2D eigenvalue weighted by Gasteiger charge is 2.54. The van der Waals surface area contributed by atoms with Crippen LogP contribution in [0.1, 0.15) is 32.6 Å². The summed E-state index contributed by atoms with van der Waals surface area (Å²) in [5.41, 5.74) is -1.11. The van der Waals surface area contributed by atoms with Crippen LogP contribution in [0.3, 0.4) is 0 Å². The number of likely N-dealkylation sites (tertiary alicyclic amines) is 1. The molecule has 0 aromatic carbocycles. The molecule has 1 aromatic rings. The largest absolute Gasteiger partial charge is 0.466 e. The lowest BCUT2D eigenvalue weighted by Crippen LogP contribution is -2.60. The Morgan fingerprint density at radius 3 is 2.81 bits per heavy atom. The van der Waals surface area contributed by atoms with Gasteiger partial charge in [0.25, 0.3) is 0 Å². The summed E-state index contributed by atoms with van der Waals surface area (Å²) in [6.07, 6.45) is 6.33. The molecule has 9 nitrogen and oxygen atoms in total. The van der Waals surface area contributed by atoms with Crippen molar-refractivity contribution in [3.05, 3.63) is 28.9 Å². The summed E-state index contributed by atoms with van der Waals surface area (Å²) >= 11 is 0. The maximum Gasteiger partial charge on any atom is 0.347 e. The van der Waals surface area contributed by atoms with Crippen LogP contribution in [-0.4, -0.2) is 83.3 Å². The molecule has 3 aliphatic rings. The highest BCUT2D eigenvalue weighted by atomic mass is 16.5. The van der Waals surface area contributed by atoms with Crippen molar-refractivity contribution in [3.8, 4) is 0 Å². The van der Waals surface area contributed by atoms with Gasteiger partial charge in [0.1, 0.15) is 6.54 Å². The van der Waals surface area contributed by atoms with Crippen LogP contribution < -0.4 is 5.69 Å². The molecule has 31 heavy (non-hydrogen) atoms. The molecular weight excluding hydrogens is 400 g/mol. The van der Waals surface area contributed by atoms with E-state index in [0.717, 1.165) is 52.0 Å². The minimum absolute atomic E-state index is 0.0628. The quantitative estimate of drug-likeness (QED) is 0.627. The summed E-state index contributed by atoms with van der Waals surface area (Å²) in [4.78, 5) is 46.0. The average molecular weight is 433 g/mol. The predicted octanol–water partition coefficient (Wildman–Crippen LogP) is 0.526. The van der Waals surface area contributed by atoms with E-state index < -0.39 is 11.1 Å². The maximum atomic E-state index is 13.2. The molecule has 0 spiro atoms. The van der Waals surface area contributed by atoms with Gasteiger partial charge < -0.3 is 14.4 Å². The molecule has 170 valence electrons. The number of nitrogens with zero attached hydrogens (tertiary/aromatic N) is 4. The average Bonchev–Trinajstić information content (AvgIpc) is 2.80. The molecule has 3 atom stereocenters. The highest BCUT2D eigenvalue weighted by molar-refractivity contribution is 5.81. The Bertz CT molecular complexity index is 852. The first-order valence-electron chi connectivity index (χ1n) is 11.3. The van der Waals surface area contributed by atoms with Crippen molar-refractivity contribution < 1.29 is 19.1 Å². The second-order valence-electron chi connectivity index (χ2n) is 8.78. The summed E-state index contributed by atoms with van der Waals surface area (Å²) in [6.45, 7) is 6.45. The Kier molecular flexibility index (Phi) is 6.71. The van der Waals surface area contributed by atoms with Crippen LogP contribution in [0, 0.1) is 11.3 Å². The van der Waals surface area contributed by atoms with E-state index in [-0.39, 0.29) is 24.3 Å². The monoisotopic (exact) mass is 432 g/mol. The van der Waals surface area contributed by atoms with Crippen molar-refractivity contribution in [1.82, 2.24) is 19.4 Å². The predicted molar refractivity (Wildman–Crippen MR) is 112 cm³/mol. The van der Waals surface area contributed by atoms with Gasteiger partial charge in [-0.2, -0.15) is 0 Å². The molecule has 0 N–H and O–H groups in total. The zero-order valence-electron chi connectivity index (χ0n) is 18.2. The first kappa shape index (κ1) is 22.0. The number of hydrogen-bond donors (Lipinski definition) is 0. The number of rotatable bonds is 5. The molecular formula is C22H32N4O5. The molecule has 0 unspecified atom stereocenters. The van der Waals surface area contributed by atoms with Gasteiger partial charge in [-0.05, 0) is 44.6 Å². The Morgan fingerprint density at radius 2 is 2.06 bits per heavy atom. The van der Waals surface area contributed by atoms with Gasteiger partial charge in [-0.25, -0.2) is 9.78 Å². The van der Waals surface area contributed by atoms with Crippen LogP contribution in [0.5, 0.6) is 0 Å². The minimum atomic E-state index is -0.660. The van der Waals surface area contributed by atoms with E-state index >= 15 is 0 Å². The molecule has 3 fully saturated rings. The normalized spacial score (nSPS) is 29.3. The van der Waals surface area contributed by atoms with Gasteiger partial charge in [0.05, 0.1) is 25.2 Å². The SMILES string of the molecule is CCOC(=O)[C@@]12CC[C@H](N3CCOCC3)C[C@H]1CCN(C(=O)Cn1cccnc1=O)C2. The Hall–Kier alpha value is -2.26. The first-order chi connectivity index (χ1) is 15.0. The second-order valence-corrected chi connectivity index (χ2v) is 8.78. The fraction of sp³-hybridized carbons (Fsp3) is 0.727. The van der Waals surface area contributed by atoms with Crippen molar-refractivity contribution in [2.75, 3.05) is 46.0 Å². The molecule has 3 heterocycles. The van der Waals surface area contributed by atoms with Gasteiger partial charge in [0, 0.05) is 44.6 Å². The standard InChI is InChI=1S/C22H32N4O5/c1-2-31-20(28)22-6-4-18(24-10-12-30-13-11-24)14-17(22)5-9-26(16-22)19(27)15-25-8-3-7-23-21(25)29/h3,7-8,17-18H,2,4-6,9-16H2,1H3/t17-,18+,22-/m1/s1. The van der Waals surface area contributed by atoms with Gasteiger partial charge in [0.15, 0.2) is 0 Å². The molecule has 0 bridgehead atoms. The van der Waals surface area contributed by atoms with Crippen molar-refractivity contribution in [2.24, 2.45) is 11.3 Å². The smallest absolute Gasteiger partial charge is 0.347 e. The number of fused-ring (bicyclic) bond motifs is 1. The number of aromatic nitrogens is 2. The van der Waals surface area contributed by atoms with E-state index in [0.29, 0.717) is 25.7 Å². The van der Waals surface area contributed by atoms with Crippen molar-refractivity contribution in [3.63, 3.8) is 0 Å². The van der Waals surface area contributed by atoms with Gasteiger partial charge in [-0.15, -0.1) is 0 Å². The van der Waals surface area contributed by atoms with Crippen molar-refractivity contribution >= 4 is 11.9 Å². The molecule has 4 rings (SSSR count). The molecule has 2 aliphatic heterocycles. The highest BCUT2D eigenvalue weighted by Crippen LogP contribution is 2.48. The summed E-state index contributed by atoms with van der Waals surface area (Å²) in [5.74, 6) is -0.151. The van der Waals surface area contributed by atoms with Crippen LogP contribution >= 0.6 is 0 Å². The topological polar surface area (TPSA) is 94.0 Å². The number of ether oxygens (including phenoxy) is 2. The zero-order valence-corrected chi connectivity index (χ0v) is 18.2. The van der Waals surface area contributed by atoms with E-state index in [2.05, 4.69) is 9.88 Å². The van der Waals surface area contributed by atoms with E-state index in [1.807, 2.05) is 6.92 Å². The van der Waals surface area contributed by atoms with Crippen LogP contribution in [0.15, 0.2) is 23.3 Å². The lowest BCUT2D eigenvalue weighted by atomic mass is 9.61. The van der Waals surface area contributed by atoms with E-state index in [1.54, 1.807) is 17.2 Å². The van der Waals surface area contributed by atoms with Crippen molar-refractivity contribution in [2.45, 2.75) is 45.2 Å². The molecule has 1 amide bonds. The van der Waals surface area contributed by atoms with Crippen LogP contribution in [0.4, 0.5) is 0 Å². The van der Waals surface area contributed by atoms with E-state index in [9.17, 15) is 14.4 Å². The molecule has 1 aromatic heterocycles. The fourth-order valence-electron chi connectivity index (χ4n) is 5.48. The molecule has 0 radical (unpaired) electrons. The summed E-state index contributed by atoms with van der Waals surface area (Å²) in [7, 11) is 0. The molecule has 2 saturated heterocycles. The lowest BCUT2D eigenvalue weighted by Gasteiger charge is -2.52. The number of amides is 1. The Morgan fingerprint density at radius 1 is 1.26 bits per heavy atom. The van der Waals surface area contributed by atoms with Crippen molar-refractivity contribution in [1.29, 1.82) is 0 Å². The number of carbonyl (C=O) groups is 2. The number of carbonyl (C=O) groups excluding carboxylic acids is 2. The van der Waals surface area contributed by atoms with Gasteiger partial charge in [0.2, 0.25) is 5.91 Å². The number of morpholine rings is 1. The second kappa shape index (κ2) is 9.48. The van der Waals surface area contributed by atoms with Crippen LogP contribution in [-0.2, 0) is 25.6 Å². The molecule has 1 aliphatic carbocycles. The first-order valence-corrected chi connectivity index (χ1v) is 11.3. The summed E-state index contributed by atoms with van der Waals surface area (Å²) < 4.78 is 12.3. The van der Waals surface area contributed by atoms with E-state index in [4.69, 9.17) is 9.47 Å². The van der Waals surface area contributed by atoms with E-state index in [1.165, 1.54) is 10.8 Å².